The van der Waals surface area contributed by atoms with Crippen molar-refractivity contribution in [2.75, 3.05) is 39.8 Å². The molecule has 1 aliphatic carbocycles. The van der Waals surface area contributed by atoms with Gasteiger partial charge in [0.2, 0.25) is 5.91 Å². The van der Waals surface area contributed by atoms with Gasteiger partial charge < -0.3 is 19.9 Å². The third-order valence-electron chi connectivity index (χ3n) is 6.90. The summed E-state index contributed by atoms with van der Waals surface area (Å²) < 4.78 is 5.40. The van der Waals surface area contributed by atoms with Gasteiger partial charge in [-0.1, -0.05) is 6.42 Å². The fraction of sp³-hybridized carbons (Fsp3) is 0.591. The van der Waals surface area contributed by atoms with E-state index in [1.54, 1.807) is 7.11 Å². The lowest BCUT2D eigenvalue weighted by Crippen LogP contribution is -2.53. The molecular formula is C22H30N4O2. The third kappa shape index (κ3) is 3.18. The standard InChI is InChI=1S/C22H30N4O2/c1-28-16-5-6-19-18(13-16)17-7-8-23-20(22(17)24-19)14-21(27)26-11-9-25(10-12-26)15-3-2-4-15/h5-6,13,15,20,23-24H,2-4,7-12,14H2,1H3. The van der Waals surface area contributed by atoms with E-state index in [0.717, 1.165) is 56.5 Å². The van der Waals surface area contributed by atoms with Gasteiger partial charge in [0.25, 0.3) is 0 Å². The highest BCUT2D eigenvalue weighted by Gasteiger charge is 2.31. The van der Waals surface area contributed by atoms with Crippen LogP contribution in [0.1, 0.15) is 43.0 Å². The molecule has 1 aromatic heterocycles. The molecule has 2 fully saturated rings. The van der Waals surface area contributed by atoms with E-state index in [2.05, 4.69) is 32.2 Å². The Kier molecular flexibility index (Phi) is 4.77. The fourth-order valence-corrected chi connectivity index (χ4v) is 4.98. The summed E-state index contributed by atoms with van der Waals surface area (Å²) in [5.74, 6) is 1.15. The number of rotatable bonds is 4. The number of methoxy groups -OCH3 is 1. The zero-order valence-electron chi connectivity index (χ0n) is 16.7. The van der Waals surface area contributed by atoms with Crippen LogP contribution in [0.15, 0.2) is 18.2 Å². The van der Waals surface area contributed by atoms with Gasteiger partial charge in [-0.05, 0) is 49.6 Å². The number of fused-ring (bicyclic) bond motifs is 3. The number of carbonyl (C=O) groups is 1. The van der Waals surface area contributed by atoms with E-state index < -0.39 is 0 Å². The first kappa shape index (κ1) is 18.0. The highest BCUT2D eigenvalue weighted by Crippen LogP contribution is 2.34. The Hall–Kier alpha value is -2.05. The van der Waals surface area contributed by atoms with Gasteiger partial charge in [0, 0.05) is 55.2 Å². The average Bonchev–Trinajstić information content (AvgIpc) is 3.06. The van der Waals surface area contributed by atoms with E-state index in [1.165, 1.54) is 35.9 Å². The smallest absolute Gasteiger partial charge is 0.224 e. The minimum atomic E-state index is 0.0688. The molecule has 3 aliphatic rings. The zero-order chi connectivity index (χ0) is 19.1. The van der Waals surface area contributed by atoms with Gasteiger partial charge in [-0.2, -0.15) is 0 Å². The van der Waals surface area contributed by atoms with E-state index in [0.29, 0.717) is 6.42 Å². The van der Waals surface area contributed by atoms with Gasteiger partial charge in [-0.25, -0.2) is 0 Å². The fourth-order valence-electron chi connectivity index (χ4n) is 4.98. The molecule has 2 aliphatic heterocycles. The molecule has 1 saturated heterocycles. The Morgan fingerprint density at radius 3 is 2.75 bits per heavy atom. The maximum atomic E-state index is 13.0. The predicted octanol–water partition coefficient (Wildman–Crippen LogP) is 2.45. The van der Waals surface area contributed by atoms with Crippen molar-refractivity contribution in [3.8, 4) is 5.75 Å². The van der Waals surface area contributed by atoms with Crippen molar-refractivity contribution in [3.05, 3.63) is 29.5 Å². The molecule has 1 unspecified atom stereocenters. The maximum Gasteiger partial charge on any atom is 0.224 e. The summed E-state index contributed by atoms with van der Waals surface area (Å²) >= 11 is 0. The summed E-state index contributed by atoms with van der Waals surface area (Å²) in [5.41, 5.74) is 3.64. The van der Waals surface area contributed by atoms with Crippen LogP contribution in [0.3, 0.4) is 0 Å². The number of hydrogen-bond acceptors (Lipinski definition) is 4. The molecule has 0 radical (unpaired) electrons. The topological polar surface area (TPSA) is 60.6 Å². The SMILES string of the molecule is COc1ccc2[nH]c3c(c2c1)CCNC3CC(=O)N1CCN(C2CCC2)CC1. The van der Waals surface area contributed by atoms with Crippen LogP contribution >= 0.6 is 0 Å². The van der Waals surface area contributed by atoms with E-state index in [9.17, 15) is 4.79 Å². The van der Waals surface area contributed by atoms with Crippen LogP contribution in [0.25, 0.3) is 10.9 Å². The normalized spacial score (nSPS) is 23.5. The molecule has 5 rings (SSSR count). The van der Waals surface area contributed by atoms with Crippen LogP contribution in [-0.2, 0) is 11.2 Å². The summed E-state index contributed by atoms with van der Waals surface area (Å²) in [5, 5.41) is 4.78. The number of H-pyrrole nitrogens is 1. The monoisotopic (exact) mass is 382 g/mol. The third-order valence-corrected chi connectivity index (χ3v) is 6.90. The molecule has 1 amide bonds. The molecule has 2 aromatic rings. The van der Waals surface area contributed by atoms with Crippen molar-refractivity contribution in [2.24, 2.45) is 0 Å². The van der Waals surface area contributed by atoms with E-state index >= 15 is 0 Å². The predicted molar refractivity (Wildman–Crippen MR) is 110 cm³/mol. The Bertz CT molecular complexity index is 865. The molecule has 1 saturated carbocycles. The number of benzene rings is 1. The van der Waals surface area contributed by atoms with E-state index in [-0.39, 0.29) is 11.9 Å². The molecule has 3 heterocycles. The van der Waals surface area contributed by atoms with Crippen molar-refractivity contribution in [1.29, 1.82) is 0 Å². The lowest BCUT2D eigenvalue weighted by Gasteiger charge is -2.43. The van der Waals surface area contributed by atoms with E-state index in [1.807, 2.05) is 6.07 Å². The van der Waals surface area contributed by atoms with Crippen molar-refractivity contribution in [3.63, 3.8) is 0 Å². The molecule has 150 valence electrons. The van der Waals surface area contributed by atoms with Crippen LogP contribution in [0.2, 0.25) is 0 Å². The van der Waals surface area contributed by atoms with Gasteiger partial charge in [-0.3, -0.25) is 9.69 Å². The number of nitrogens with zero attached hydrogens (tertiary/aromatic N) is 2. The quantitative estimate of drug-likeness (QED) is 0.853. The summed E-state index contributed by atoms with van der Waals surface area (Å²) in [6.07, 6.45) is 5.56. The number of amides is 1. The second kappa shape index (κ2) is 7.41. The second-order valence-electron chi connectivity index (χ2n) is 8.39. The Labute approximate surface area is 166 Å². The van der Waals surface area contributed by atoms with Crippen molar-refractivity contribution in [2.45, 2.75) is 44.2 Å². The highest BCUT2D eigenvalue weighted by molar-refractivity contribution is 5.87. The molecule has 2 N–H and O–H groups in total. The molecule has 6 nitrogen and oxygen atoms in total. The number of aromatic nitrogens is 1. The van der Waals surface area contributed by atoms with Crippen molar-refractivity contribution in [1.82, 2.24) is 20.1 Å². The van der Waals surface area contributed by atoms with Gasteiger partial charge in [0.05, 0.1) is 13.2 Å². The molecule has 28 heavy (non-hydrogen) atoms. The lowest BCUT2D eigenvalue weighted by molar-refractivity contribution is -0.134. The number of nitrogens with one attached hydrogen (secondary N) is 2. The van der Waals surface area contributed by atoms with Crippen LogP contribution in [0.5, 0.6) is 5.75 Å². The number of ether oxygens (including phenoxy) is 1. The first-order valence-corrected chi connectivity index (χ1v) is 10.7. The summed E-state index contributed by atoms with van der Waals surface area (Å²) in [7, 11) is 1.70. The summed E-state index contributed by atoms with van der Waals surface area (Å²) in [4.78, 5) is 21.2. The molecule has 0 spiro atoms. The minimum Gasteiger partial charge on any atom is -0.497 e. The van der Waals surface area contributed by atoms with Crippen LogP contribution in [0, 0.1) is 0 Å². The Balaban J connectivity index is 1.28. The number of carbonyl (C=O) groups excluding carboxylic acids is 1. The van der Waals surface area contributed by atoms with E-state index in [4.69, 9.17) is 4.74 Å². The lowest BCUT2D eigenvalue weighted by atomic mass is 9.91. The summed E-state index contributed by atoms with van der Waals surface area (Å²) in [6, 6.07) is 7.02. The first-order valence-electron chi connectivity index (χ1n) is 10.7. The Morgan fingerprint density at radius 2 is 2.04 bits per heavy atom. The number of piperazine rings is 1. The number of aromatic amines is 1. The molecule has 1 aromatic carbocycles. The Morgan fingerprint density at radius 1 is 1.21 bits per heavy atom. The molecule has 6 heteroatoms. The molecule has 1 atom stereocenters. The van der Waals surface area contributed by atoms with Crippen LogP contribution < -0.4 is 10.1 Å². The molecular weight excluding hydrogens is 352 g/mol. The van der Waals surface area contributed by atoms with Crippen molar-refractivity contribution < 1.29 is 9.53 Å². The van der Waals surface area contributed by atoms with Gasteiger partial charge in [0.15, 0.2) is 0 Å². The summed E-state index contributed by atoms with van der Waals surface area (Å²) in [6.45, 7) is 4.72. The number of hydrogen-bond donors (Lipinski definition) is 2. The largest absolute Gasteiger partial charge is 0.497 e. The van der Waals surface area contributed by atoms with Crippen LogP contribution in [-0.4, -0.2) is 66.6 Å². The minimum absolute atomic E-state index is 0.0688. The van der Waals surface area contributed by atoms with Gasteiger partial charge in [0.1, 0.15) is 5.75 Å². The van der Waals surface area contributed by atoms with Crippen LogP contribution in [0.4, 0.5) is 0 Å². The zero-order valence-corrected chi connectivity index (χ0v) is 16.7. The first-order chi connectivity index (χ1) is 13.7. The maximum absolute atomic E-state index is 13.0. The van der Waals surface area contributed by atoms with Crippen molar-refractivity contribution >= 4 is 16.8 Å². The van der Waals surface area contributed by atoms with Gasteiger partial charge >= 0.3 is 0 Å². The molecule has 0 bridgehead atoms. The highest BCUT2D eigenvalue weighted by atomic mass is 16.5. The van der Waals surface area contributed by atoms with Gasteiger partial charge in [-0.15, -0.1) is 0 Å². The second-order valence-corrected chi connectivity index (χ2v) is 8.39. The average molecular weight is 383 g/mol.